The Morgan fingerprint density at radius 2 is 1.86 bits per heavy atom. The fourth-order valence-electron chi connectivity index (χ4n) is 1.60. The Balaban J connectivity index is 0.00000220. The van der Waals surface area contributed by atoms with Crippen LogP contribution in [0.25, 0.3) is 0 Å². The lowest BCUT2D eigenvalue weighted by Gasteiger charge is -2.14. The molecule has 0 saturated carbocycles. The minimum absolute atomic E-state index is 0. The Morgan fingerprint density at radius 3 is 2.41 bits per heavy atom. The summed E-state index contributed by atoms with van der Waals surface area (Å²) in [5.41, 5.74) is 4.40. The maximum Gasteiger partial charge on any atom is 0.418 e. The van der Waals surface area contributed by atoms with Crippen LogP contribution in [0, 0.1) is 0 Å². The Morgan fingerprint density at radius 1 is 1.18 bits per heavy atom. The Labute approximate surface area is 136 Å². The van der Waals surface area contributed by atoms with Crippen LogP contribution in [0.2, 0.25) is 0 Å². The summed E-state index contributed by atoms with van der Waals surface area (Å²) in [6, 6.07) is 5.98. The molecule has 0 unspecified atom stereocenters. The van der Waals surface area contributed by atoms with E-state index in [1.807, 2.05) is 0 Å². The van der Waals surface area contributed by atoms with E-state index in [0.717, 1.165) is 18.2 Å². The number of amides is 1. The molecule has 4 nitrogen and oxygen atoms in total. The van der Waals surface area contributed by atoms with Crippen molar-refractivity contribution >= 4 is 42.1 Å². The van der Waals surface area contributed by atoms with Crippen molar-refractivity contribution in [3.05, 3.63) is 53.9 Å². The van der Waals surface area contributed by atoms with E-state index in [-0.39, 0.29) is 41.8 Å². The van der Waals surface area contributed by atoms with Crippen molar-refractivity contribution in [1.82, 2.24) is 4.98 Å². The number of hydrogen-bond donors (Lipinski definition) is 2. The monoisotopic (exact) mass is 353 g/mol. The van der Waals surface area contributed by atoms with E-state index in [1.54, 1.807) is 0 Å². The second kappa shape index (κ2) is 7.86. The number of nitrogens with two attached hydrogens (primary N) is 1. The predicted octanol–water partition coefficient (Wildman–Crippen LogP) is 3.78. The van der Waals surface area contributed by atoms with Gasteiger partial charge < -0.3 is 11.1 Å². The minimum Gasteiger partial charge on any atom is -0.399 e. The molecular weight excluding hydrogens is 342 g/mol. The van der Waals surface area contributed by atoms with Crippen LogP contribution in [0.5, 0.6) is 0 Å². The van der Waals surface area contributed by atoms with Gasteiger partial charge in [-0.1, -0.05) is 0 Å². The molecular formula is C13H12Cl2F3N3O. The Bertz CT molecular complexity index is 636. The van der Waals surface area contributed by atoms with Crippen LogP contribution in [-0.2, 0) is 6.18 Å². The Hall–Kier alpha value is -1.99. The maximum atomic E-state index is 12.8. The summed E-state index contributed by atoms with van der Waals surface area (Å²) in [5, 5.41) is 2.20. The normalized spacial score (nSPS) is 10.1. The molecule has 1 aromatic heterocycles. The third-order valence-corrected chi connectivity index (χ3v) is 2.52. The number of rotatable bonds is 2. The summed E-state index contributed by atoms with van der Waals surface area (Å²) in [4.78, 5) is 15.6. The molecule has 0 radical (unpaired) electrons. The standard InChI is InChI=1S/C13H10F3N3O.2ClH/c14-13(15,16)10-4-3-9(17)6-11(10)19-12(20)8-2-1-5-18-7-8;;/h1-7H,17H2,(H,19,20);2*1H. The molecule has 1 heterocycles. The fraction of sp³-hybridized carbons (Fsp3) is 0.0769. The van der Waals surface area contributed by atoms with E-state index in [9.17, 15) is 18.0 Å². The predicted molar refractivity (Wildman–Crippen MR) is 82.5 cm³/mol. The molecule has 0 fully saturated rings. The summed E-state index contributed by atoms with van der Waals surface area (Å²) in [6.45, 7) is 0. The highest BCUT2D eigenvalue weighted by Gasteiger charge is 2.34. The number of nitrogen functional groups attached to an aromatic ring is 1. The van der Waals surface area contributed by atoms with Gasteiger partial charge in [0.05, 0.1) is 16.8 Å². The van der Waals surface area contributed by atoms with Gasteiger partial charge in [0.15, 0.2) is 0 Å². The van der Waals surface area contributed by atoms with Crippen molar-refractivity contribution in [2.24, 2.45) is 0 Å². The first kappa shape index (κ1) is 20.0. The van der Waals surface area contributed by atoms with Gasteiger partial charge in [-0.25, -0.2) is 0 Å². The third-order valence-electron chi connectivity index (χ3n) is 2.52. The molecule has 120 valence electrons. The van der Waals surface area contributed by atoms with Gasteiger partial charge in [0, 0.05) is 18.1 Å². The molecule has 0 bridgehead atoms. The number of halogens is 5. The van der Waals surface area contributed by atoms with E-state index in [0.29, 0.717) is 0 Å². The first-order valence-corrected chi connectivity index (χ1v) is 5.56. The zero-order valence-electron chi connectivity index (χ0n) is 10.9. The van der Waals surface area contributed by atoms with Crippen LogP contribution in [0.3, 0.4) is 0 Å². The molecule has 0 atom stereocenters. The van der Waals surface area contributed by atoms with Gasteiger partial charge in [0.25, 0.3) is 5.91 Å². The zero-order valence-corrected chi connectivity index (χ0v) is 12.6. The molecule has 0 aliphatic carbocycles. The summed E-state index contributed by atoms with van der Waals surface area (Å²) in [5.74, 6) is -0.686. The lowest BCUT2D eigenvalue weighted by molar-refractivity contribution is -0.136. The minimum atomic E-state index is -4.58. The molecule has 9 heteroatoms. The van der Waals surface area contributed by atoms with Gasteiger partial charge in [-0.2, -0.15) is 13.2 Å². The van der Waals surface area contributed by atoms with E-state index < -0.39 is 17.6 Å². The number of aromatic nitrogens is 1. The number of nitrogens with one attached hydrogen (secondary N) is 1. The van der Waals surface area contributed by atoms with Crippen molar-refractivity contribution in [2.45, 2.75) is 6.18 Å². The van der Waals surface area contributed by atoms with Crippen molar-refractivity contribution in [2.75, 3.05) is 11.1 Å². The average Bonchev–Trinajstić information content (AvgIpc) is 2.38. The maximum absolute atomic E-state index is 12.8. The molecule has 0 aliphatic heterocycles. The fourth-order valence-corrected chi connectivity index (χ4v) is 1.60. The highest BCUT2D eigenvalue weighted by atomic mass is 35.5. The molecule has 1 aromatic carbocycles. The van der Waals surface area contributed by atoms with Crippen LogP contribution >= 0.6 is 24.8 Å². The van der Waals surface area contributed by atoms with E-state index >= 15 is 0 Å². The Kier molecular flexibility index (Phi) is 7.15. The molecule has 1 amide bonds. The zero-order chi connectivity index (χ0) is 14.8. The lowest BCUT2D eigenvalue weighted by Crippen LogP contribution is -2.17. The number of benzene rings is 1. The molecule has 0 aliphatic rings. The van der Waals surface area contributed by atoms with Crippen molar-refractivity contribution in [1.29, 1.82) is 0 Å². The second-order valence-corrected chi connectivity index (χ2v) is 4.00. The number of anilines is 2. The number of carbonyl (C=O) groups is 1. The number of hydrogen-bond acceptors (Lipinski definition) is 3. The second-order valence-electron chi connectivity index (χ2n) is 4.00. The SMILES string of the molecule is Cl.Cl.Nc1ccc(C(F)(F)F)c(NC(=O)c2cccnc2)c1. The summed E-state index contributed by atoms with van der Waals surface area (Å²) >= 11 is 0. The van der Waals surface area contributed by atoms with Crippen LogP contribution in [-0.4, -0.2) is 10.9 Å². The third kappa shape index (κ3) is 4.78. The number of pyridine rings is 1. The summed E-state index contributed by atoms with van der Waals surface area (Å²) in [6.07, 6.45) is -1.86. The first-order valence-electron chi connectivity index (χ1n) is 5.56. The smallest absolute Gasteiger partial charge is 0.399 e. The van der Waals surface area contributed by atoms with Gasteiger partial charge in [0.2, 0.25) is 0 Å². The van der Waals surface area contributed by atoms with Crippen LogP contribution in [0.1, 0.15) is 15.9 Å². The van der Waals surface area contributed by atoms with E-state index in [4.69, 9.17) is 5.73 Å². The quantitative estimate of drug-likeness (QED) is 0.807. The van der Waals surface area contributed by atoms with Crippen LogP contribution in [0.4, 0.5) is 24.5 Å². The van der Waals surface area contributed by atoms with Crippen molar-refractivity contribution in [3.8, 4) is 0 Å². The van der Waals surface area contributed by atoms with Crippen LogP contribution < -0.4 is 11.1 Å². The number of carbonyl (C=O) groups excluding carboxylic acids is 1. The number of alkyl halides is 3. The molecule has 3 N–H and O–H groups in total. The van der Waals surface area contributed by atoms with Gasteiger partial charge in [0.1, 0.15) is 0 Å². The van der Waals surface area contributed by atoms with Crippen molar-refractivity contribution < 1.29 is 18.0 Å². The van der Waals surface area contributed by atoms with Gasteiger partial charge in [-0.15, -0.1) is 24.8 Å². The average molecular weight is 354 g/mol. The highest BCUT2D eigenvalue weighted by molar-refractivity contribution is 6.04. The summed E-state index contributed by atoms with van der Waals surface area (Å²) < 4.78 is 38.5. The van der Waals surface area contributed by atoms with Gasteiger partial charge in [-0.3, -0.25) is 9.78 Å². The molecule has 2 aromatic rings. The van der Waals surface area contributed by atoms with Gasteiger partial charge in [-0.05, 0) is 30.3 Å². The number of nitrogens with zero attached hydrogens (tertiary/aromatic N) is 1. The topological polar surface area (TPSA) is 68.0 Å². The summed E-state index contributed by atoms with van der Waals surface area (Å²) in [7, 11) is 0. The van der Waals surface area contributed by atoms with E-state index in [2.05, 4.69) is 10.3 Å². The first-order chi connectivity index (χ1) is 9.38. The largest absolute Gasteiger partial charge is 0.418 e. The molecule has 2 rings (SSSR count). The highest BCUT2D eigenvalue weighted by Crippen LogP contribution is 2.35. The molecule has 22 heavy (non-hydrogen) atoms. The molecule has 0 spiro atoms. The molecule has 0 saturated heterocycles. The van der Waals surface area contributed by atoms with Crippen molar-refractivity contribution in [3.63, 3.8) is 0 Å². The van der Waals surface area contributed by atoms with E-state index in [1.165, 1.54) is 24.5 Å². The van der Waals surface area contributed by atoms with Gasteiger partial charge >= 0.3 is 6.18 Å². The van der Waals surface area contributed by atoms with Crippen LogP contribution in [0.15, 0.2) is 42.7 Å². The lowest BCUT2D eigenvalue weighted by atomic mass is 10.1.